The van der Waals surface area contributed by atoms with Crippen LogP contribution >= 0.6 is 0 Å². The van der Waals surface area contributed by atoms with Crippen LogP contribution in [0.2, 0.25) is 0 Å². The molecule has 19 heavy (non-hydrogen) atoms. The molecule has 104 valence electrons. The summed E-state index contributed by atoms with van der Waals surface area (Å²) in [4.78, 5) is 26.2. The molecule has 2 rings (SSSR count). The first-order chi connectivity index (χ1) is 8.85. The Morgan fingerprint density at radius 1 is 1.42 bits per heavy atom. The van der Waals surface area contributed by atoms with Gasteiger partial charge in [-0.2, -0.15) is 18.2 Å². The second-order valence-corrected chi connectivity index (χ2v) is 4.10. The Morgan fingerprint density at radius 2 is 2.11 bits per heavy atom. The predicted octanol–water partition coefficient (Wildman–Crippen LogP) is 1.32. The SMILES string of the molecule is O=C(NCC(F)(F)F)c1coc(NC(=O)C2CC2)n1. The largest absolute Gasteiger partial charge is 0.431 e. The Balaban J connectivity index is 1.88. The first kappa shape index (κ1) is 13.4. The summed E-state index contributed by atoms with van der Waals surface area (Å²) in [5.41, 5.74) is -0.324. The molecule has 0 unspecified atom stereocenters. The van der Waals surface area contributed by atoms with E-state index in [-0.39, 0.29) is 23.5 Å². The molecule has 0 aromatic carbocycles. The second-order valence-electron chi connectivity index (χ2n) is 4.10. The molecular formula is C10H10F3N3O3. The van der Waals surface area contributed by atoms with Gasteiger partial charge in [0.25, 0.3) is 5.91 Å². The summed E-state index contributed by atoms with van der Waals surface area (Å²) in [6.45, 7) is -1.46. The van der Waals surface area contributed by atoms with Crippen LogP contribution in [0.15, 0.2) is 10.7 Å². The normalized spacial score (nSPS) is 15.1. The lowest BCUT2D eigenvalue weighted by molar-refractivity contribution is -0.123. The molecule has 0 saturated heterocycles. The average Bonchev–Trinajstić information content (AvgIpc) is 3.06. The van der Waals surface area contributed by atoms with E-state index in [1.54, 1.807) is 5.32 Å². The minimum atomic E-state index is -4.50. The number of alkyl halides is 3. The Hall–Kier alpha value is -2.06. The molecule has 9 heteroatoms. The number of halogens is 3. The number of nitrogens with zero attached hydrogens (tertiary/aromatic N) is 1. The van der Waals surface area contributed by atoms with Crippen molar-refractivity contribution in [3.63, 3.8) is 0 Å². The number of amides is 2. The fraction of sp³-hybridized carbons (Fsp3) is 0.500. The van der Waals surface area contributed by atoms with Gasteiger partial charge in [0.05, 0.1) is 0 Å². The van der Waals surface area contributed by atoms with Crippen LogP contribution in [0.5, 0.6) is 0 Å². The van der Waals surface area contributed by atoms with E-state index < -0.39 is 18.6 Å². The van der Waals surface area contributed by atoms with Crippen LogP contribution < -0.4 is 10.6 Å². The Bertz CT molecular complexity index is 494. The quantitative estimate of drug-likeness (QED) is 0.869. The molecule has 1 fully saturated rings. The molecule has 2 N–H and O–H groups in total. The first-order valence-electron chi connectivity index (χ1n) is 5.46. The van der Waals surface area contributed by atoms with Crippen LogP contribution in [0.25, 0.3) is 0 Å². The van der Waals surface area contributed by atoms with Crippen molar-refractivity contribution in [2.75, 3.05) is 11.9 Å². The number of aromatic nitrogens is 1. The van der Waals surface area contributed by atoms with Gasteiger partial charge in [0.15, 0.2) is 5.69 Å². The van der Waals surface area contributed by atoms with Crippen molar-refractivity contribution in [3.05, 3.63) is 12.0 Å². The maximum Gasteiger partial charge on any atom is 0.405 e. The Kier molecular flexibility index (Phi) is 3.45. The third kappa shape index (κ3) is 3.97. The van der Waals surface area contributed by atoms with Gasteiger partial charge in [0.1, 0.15) is 12.8 Å². The zero-order valence-electron chi connectivity index (χ0n) is 9.58. The highest BCUT2D eigenvalue weighted by molar-refractivity contribution is 5.94. The Morgan fingerprint density at radius 3 is 2.68 bits per heavy atom. The number of carbonyl (C=O) groups excluding carboxylic acids is 2. The molecule has 1 aliphatic rings. The first-order valence-corrected chi connectivity index (χ1v) is 5.46. The number of nitrogens with one attached hydrogen (secondary N) is 2. The molecule has 1 heterocycles. The van der Waals surface area contributed by atoms with Gasteiger partial charge in [-0.3, -0.25) is 14.9 Å². The summed E-state index contributed by atoms with van der Waals surface area (Å²) in [7, 11) is 0. The molecule has 0 aliphatic heterocycles. The topological polar surface area (TPSA) is 84.2 Å². The van der Waals surface area contributed by atoms with Crippen molar-refractivity contribution < 1.29 is 27.2 Å². The minimum absolute atomic E-state index is 0.0746. The number of carbonyl (C=O) groups is 2. The molecule has 1 aromatic rings. The van der Waals surface area contributed by atoms with E-state index in [2.05, 4.69) is 10.3 Å². The van der Waals surface area contributed by atoms with Crippen LogP contribution in [0.3, 0.4) is 0 Å². The van der Waals surface area contributed by atoms with Gasteiger partial charge in [0.2, 0.25) is 5.91 Å². The summed E-state index contributed by atoms with van der Waals surface area (Å²) < 4.78 is 40.4. The fourth-order valence-corrected chi connectivity index (χ4v) is 1.26. The maximum atomic E-state index is 11.9. The van der Waals surface area contributed by atoms with Gasteiger partial charge in [-0.1, -0.05) is 0 Å². The van der Waals surface area contributed by atoms with Gasteiger partial charge in [-0.05, 0) is 12.8 Å². The minimum Gasteiger partial charge on any atom is -0.431 e. The van der Waals surface area contributed by atoms with Gasteiger partial charge < -0.3 is 9.73 Å². The fourth-order valence-electron chi connectivity index (χ4n) is 1.26. The smallest absolute Gasteiger partial charge is 0.405 e. The van der Waals surface area contributed by atoms with Crippen molar-refractivity contribution in [2.45, 2.75) is 19.0 Å². The molecule has 0 radical (unpaired) electrons. The summed E-state index contributed by atoms with van der Waals surface area (Å²) in [5, 5.41) is 3.97. The van der Waals surface area contributed by atoms with E-state index in [0.29, 0.717) is 0 Å². The highest BCUT2D eigenvalue weighted by Gasteiger charge is 2.31. The van der Waals surface area contributed by atoms with Gasteiger partial charge in [-0.15, -0.1) is 0 Å². The molecular weight excluding hydrogens is 267 g/mol. The van der Waals surface area contributed by atoms with Crippen molar-refractivity contribution in [1.29, 1.82) is 0 Å². The molecule has 6 nitrogen and oxygen atoms in total. The molecule has 0 spiro atoms. The van der Waals surface area contributed by atoms with Crippen LogP contribution in [0.1, 0.15) is 23.3 Å². The Labute approximate surface area is 105 Å². The number of hydrogen-bond acceptors (Lipinski definition) is 4. The van der Waals surface area contributed by atoms with Crippen LogP contribution in [-0.4, -0.2) is 29.5 Å². The van der Waals surface area contributed by atoms with Crippen molar-refractivity contribution in [1.82, 2.24) is 10.3 Å². The summed E-state index contributed by atoms with van der Waals surface area (Å²) >= 11 is 0. The van der Waals surface area contributed by atoms with Crippen LogP contribution in [0.4, 0.5) is 19.2 Å². The van der Waals surface area contributed by atoms with Crippen molar-refractivity contribution >= 4 is 17.8 Å². The van der Waals surface area contributed by atoms with E-state index in [4.69, 9.17) is 4.42 Å². The highest BCUT2D eigenvalue weighted by atomic mass is 19.4. The lowest BCUT2D eigenvalue weighted by atomic mass is 10.4. The molecule has 1 aliphatic carbocycles. The second kappa shape index (κ2) is 4.90. The monoisotopic (exact) mass is 277 g/mol. The van der Waals surface area contributed by atoms with Crippen LogP contribution in [0, 0.1) is 5.92 Å². The number of hydrogen-bond donors (Lipinski definition) is 2. The third-order valence-electron chi connectivity index (χ3n) is 2.36. The summed E-state index contributed by atoms with van der Waals surface area (Å²) in [6.07, 6.45) is -2.05. The van der Waals surface area contributed by atoms with E-state index in [1.807, 2.05) is 0 Å². The summed E-state index contributed by atoms with van der Waals surface area (Å²) in [5.74, 6) is -1.37. The van der Waals surface area contributed by atoms with Gasteiger partial charge >= 0.3 is 12.2 Å². The maximum absolute atomic E-state index is 11.9. The lowest BCUT2D eigenvalue weighted by Gasteiger charge is -2.06. The average molecular weight is 277 g/mol. The molecule has 1 saturated carbocycles. The summed E-state index contributed by atoms with van der Waals surface area (Å²) in [6, 6.07) is -0.200. The zero-order chi connectivity index (χ0) is 14.0. The zero-order valence-corrected chi connectivity index (χ0v) is 9.58. The third-order valence-corrected chi connectivity index (χ3v) is 2.36. The van der Waals surface area contributed by atoms with Gasteiger partial charge in [0, 0.05) is 5.92 Å². The van der Waals surface area contributed by atoms with E-state index in [1.165, 1.54) is 0 Å². The molecule has 2 amide bonds. The molecule has 0 atom stereocenters. The highest BCUT2D eigenvalue weighted by Crippen LogP contribution is 2.30. The standard InChI is InChI=1S/C10H10F3N3O3/c11-10(12,13)4-14-8(18)6-3-19-9(15-6)16-7(17)5-1-2-5/h3,5H,1-2,4H2,(H,14,18)(H,15,16,17). The van der Waals surface area contributed by atoms with E-state index >= 15 is 0 Å². The van der Waals surface area contributed by atoms with E-state index in [9.17, 15) is 22.8 Å². The van der Waals surface area contributed by atoms with Crippen LogP contribution in [-0.2, 0) is 4.79 Å². The van der Waals surface area contributed by atoms with Gasteiger partial charge in [-0.25, -0.2) is 0 Å². The molecule has 1 aromatic heterocycles. The van der Waals surface area contributed by atoms with E-state index in [0.717, 1.165) is 19.1 Å². The van der Waals surface area contributed by atoms with Crippen molar-refractivity contribution in [2.24, 2.45) is 5.92 Å². The predicted molar refractivity (Wildman–Crippen MR) is 56.2 cm³/mol. The van der Waals surface area contributed by atoms with Crippen molar-refractivity contribution in [3.8, 4) is 0 Å². The number of rotatable bonds is 4. The number of oxazole rings is 1. The lowest BCUT2D eigenvalue weighted by Crippen LogP contribution is -2.33. The number of anilines is 1. The molecule has 0 bridgehead atoms.